The molecule has 0 unspecified atom stereocenters. The zero-order chi connectivity index (χ0) is 20.1. The van der Waals surface area contributed by atoms with Crippen LogP contribution in [0, 0.1) is 16.8 Å². The summed E-state index contributed by atoms with van der Waals surface area (Å²) in [5.41, 5.74) is 4.53. The number of hydrogen-bond donors (Lipinski definition) is 2. The Morgan fingerprint density at radius 1 is 1.24 bits per heavy atom. The van der Waals surface area contributed by atoms with Crippen molar-refractivity contribution in [2.24, 2.45) is 10.8 Å². The van der Waals surface area contributed by atoms with Gasteiger partial charge in [-0.1, -0.05) is 13.8 Å². The third-order valence-electron chi connectivity index (χ3n) is 6.41. The minimum atomic E-state index is -0.475. The SMILES string of the molecule is CC1(C)CCc2c(-c3cc(F)nc(NCC4(Cn5ccnc5)CC4)c3)n[nH]c2C1. The molecule has 2 aliphatic rings. The maximum atomic E-state index is 14.3. The van der Waals surface area contributed by atoms with Gasteiger partial charge in [0.2, 0.25) is 5.95 Å². The fourth-order valence-corrected chi connectivity index (χ4v) is 4.42. The van der Waals surface area contributed by atoms with E-state index in [2.05, 4.69) is 43.9 Å². The molecule has 152 valence electrons. The van der Waals surface area contributed by atoms with Crippen molar-refractivity contribution in [3.8, 4) is 11.3 Å². The van der Waals surface area contributed by atoms with Gasteiger partial charge in [0, 0.05) is 53.8 Å². The standard InChI is InChI=1S/C22H27FN6/c1-21(2)4-3-16-17(11-21)27-28-20(16)15-9-18(23)26-19(10-15)25-12-22(5-6-22)13-29-8-7-24-14-29/h7-10,14H,3-6,11-13H2,1-2H3,(H,25,26)(H,27,28). The molecule has 0 amide bonds. The number of halogens is 1. The van der Waals surface area contributed by atoms with Gasteiger partial charge in [0.15, 0.2) is 0 Å². The lowest BCUT2D eigenvalue weighted by Gasteiger charge is -2.29. The van der Waals surface area contributed by atoms with Crippen LogP contribution in [0.3, 0.4) is 0 Å². The van der Waals surface area contributed by atoms with Crippen LogP contribution in [0.5, 0.6) is 0 Å². The second kappa shape index (κ2) is 6.68. The van der Waals surface area contributed by atoms with E-state index in [9.17, 15) is 4.39 Å². The Labute approximate surface area is 170 Å². The summed E-state index contributed by atoms with van der Waals surface area (Å²) < 4.78 is 16.4. The fourth-order valence-electron chi connectivity index (χ4n) is 4.42. The number of fused-ring (bicyclic) bond motifs is 1. The van der Waals surface area contributed by atoms with E-state index in [-0.39, 0.29) is 10.8 Å². The van der Waals surface area contributed by atoms with Crippen molar-refractivity contribution in [1.82, 2.24) is 24.7 Å². The molecule has 1 saturated carbocycles. The lowest BCUT2D eigenvalue weighted by atomic mass is 9.76. The highest BCUT2D eigenvalue weighted by Crippen LogP contribution is 2.47. The molecule has 3 aromatic rings. The van der Waals surface area contributed by atoms with Crippen LogP contribution in [0.25, 0.3) is 11.3 Å². The van der Waals surface area contributed by atoms with Crippen LogP contribution in [0.2, 0.25) is 0 Å². The van der Waals surface area contributed by atoms with Gasteiger partial charge >= 0.3 is 0 Å². The summed E-state index contributed by atoms with van der Waals surface area (Å²) in [5.74, 6) is 0.0992. The topological polar surface area (TPSA) is 71.4 Å². The minimum Gasteiger partial charge on any atom is -0.369 e. The molecule has 7 heteroatoms. The molecule has 5 rings (SSSR count). The minimum absolute atomic E-state index is 0.200. The number of aromatic nitrogens is 5. The maximum Gasteiger partial charge on any atom is 0.215 e. The van der Waals surface area contributed by atoms with Crippen LogP contribution >= 0.6 is 0 Å². The highest BCUT2D eigenvalue weighted by molar-refractivity contribution is 5.67. The Hall–Kier alpha value is -2.70. The molecule has 3 heterocycles. The smallest absolute Gasteiger partial charge is 0.215 e. The van der Waals surface area contributed by atoms with Crippen LogP contribution in [0.1, 0.15) is 44.4 Å². The zero-order valence-electron chi connectivity index (χ0n) is 17.0. The molecule has 2 N–H and O–H groups in total. The molecule has 0 radical (unpaired) electrons. The first kappa shape index (κ1) is 18.3. The molecule has 3 aromatic heterocycles. The van der Waals surface area contributed by atoms with Crippen molar-refractivity contribution in [1.29, 1.82) is 0 Å². The third kappa shape index (κ3) is 3.78. The molecule has 0 aromatic carbocycles. The summed E-state index contributed by atoms with van der Waals surface area (Å²) in [4.78, 5) is 8.19. The largest absolute Gasteiger partial charge is 0.369 e. The van der Waals surface area contributed by atoms with Crippen LogP contribution < -0.4 is 5.32 Å². The number of rotatable bonds is 6. The van der Waals surface area contributed by atoms with E-state index in [1.54, 1.807) is 6.20 Å². The summed E-state index contributed by atoms with van der Waals surface area (Å²) in [7, 11) is 0. The normalized spacial score (nSPS) is 19.0. The van der Waals surface area contributed by atoms with Crippen molar-refractivity contribution in [3.63, 3.8) is 0 Å². The lowest BCUT2D eigenvalue weighted by Crippen LogP contribution is -2.22. The van der Waals surface area contributed by atoms with E-state index < -0.39 is 5.95 Å². The number of imidazole rings is 1. The summed E-state index contributed by atoms with van der Waals surface area (Å²) in [6.45, 7) is 6.25. The van der Waals surface area contributed by atoms with Gasteiger partial charge in [0.1, 0.15) is 5.82 Å². The molecule has 0 saturated heterocycles. The number of aromatic amines is 1. The first-order chi connectivity index (χ1) is 13.9. The second-order valence-electron chi connectivity index (χ2n) is 9.52. The van der Waals surface area contributed by atoms with E-state index in [1.165, 1.54) is 17.3 Å². The van der Waals surface area contributed by atoms with Crippen molar-refractivity contribution in [2.45, 2.75) is 52.5 Å². The Morgan fingerprint density at radius 2 is 2.10 bits per heavy atom. The van der Waals surface area contributed by atoms with E-state index in [0.717, 1.165) is 56.5 Å². The van der Waals surface area contributed by atoms with E-state index in [4.69, 9.17) is 0 Å². The average molecular weight is 394 g/mol. The third-order valence-corrected chi connectivity index (χ3v) is 6.41. The summed E-state index contributed by atoms with van der Waals surface area (Å²) in [5, 5.41) is 11.1. The lowest BCUT2D eigenvalue weighted by molar-refractivity contribution is 0.312. The van der Waals surface area contributed by atoms with Gasteiger partial charge in [-0.25, -0.2) is 9.97 Å². The van der Waals surface area contributed by atoms with E-state index >= 15 is 0 Å². The molecule has 1 fully saturated rings. The van der Waals surface area contributed by atoms with Gasteiger partial charge < -0.3 is 9.88 Å². The quantitative estimate of drug-likeness (QED) is 0.614. The van der Waals surface area contributed by atoms with Gasteiger partial charge in [-0.15, -0.1) is 0 Å². The fraction of sp³-hybridized carbons (Fsp3) is 0.500. The number of H-pyrrole nitrogens is 1. The summed E-state index contributed by atoms with van der Waals surface area (Å²) >= 11 is 0. The Bertz CT molecular complexity index is 1020. The van der Waals surface area contributed by atoms with Crippen molar-refractivity contribution in [2.75, 3.05) is 11.9 Å². The Kier molecular flexibility index (Phi) is 4.22. The van der Waals surface area contributed by atoms with E-state index in [0.29, 0.717) is 5.82 Å². The number of nitrogens with zero attached hydrogens (tertiary/aromatic N) is 4. The first-order valence-corrected chi connectivity index (χ1v) is 10.4. The van der Waals surface area contributed by atoms with Crippen LogP contribution in [-0.4, -0.2) is 31.3 Å². The van der Waals surface area contributed by atoms with Crippen molar-refractivity contribution >= 4 is 5.82 Å². The molecular formula is C22H27FN6. The monoisotopic (exact) mass is 394 g/mol. The van der Waals surface area contributed by atoms with Crippen LogP contribution in [0.4, 0.5) is 10.2 Å². The van der Waals surface area contributed by atoms with Gasteiger partial charge in [-0.3, -0.25) is 5.10 Å². The highest BCUT2D eigenvalue weighted by Gasteiger charge is 2.42. The maximum absolute atomic E-state index is 14.3. The van der Waals surface area contributed by atoms with Gasteiger partial charge in [-0.2, -0.15) is 9.49 Å². The molecule has 6 nitrogen and oxygen atoms in total. The molecular weight excluding hydrogens is 367 g/mol. The highest BCUT2D eigenvalue weighted by atomic mass is 19.1. The molecule has 0 aliphatic heterocycles. The van der Waals surface area contributed by atoms with Crippen molar-refractivity contribution < 1.29 is 4.39 Å². The predicted molar refractivity (Wildman–Crippen MR) is 110 cm³/mol. The van der Waals surface area contributed by atoms with Crippen molar-refractivity contribution in [3.05, 3.63) is 48.1 Å². The second-order valence-corrected chi connectivity index (χ2v) is 9.52. The molecule has 0 atom stereocenters. The van der Waals surface area contributed by atoms with Gasteiger partial charge in [0.05, 0.1) is 12.0 Å². The number of nitrogens with one attached hydrogen (secondary N) is 2. The van der Waals surface area contributed by atoms with Crippen LogP contribution in [-0.2, 0) is 19.4 Å². The summed E-state index contributed by atoms with van der Waals surface area (Å²) in [6, 6.07) is 3.41. The molecule has 2 aliphatic carbocycles. The first-order valence-electron chi connectivity index (χ1n) is 10.4. The van der Waals surface area contributed by atoms with Gasteiger partial charge in [-0.05, 0) is 43.6 Å². The van der Waals surface area contributed by atoms with Gasteiger partial charge in [0.25, 0.3) is 0 Å². The Balaban J connectivity index is 1.34. The zero-order valence-corrected chi connectivity index (χ0v) is 17.0. The molecule has 0 spiro atoms. The summed E-state index contributed by atoms with van der Waals surface area (Å²) in [6.07, 6.45) is 11.0. The van der Waals surface area contributed by atoms with E-state index in [1.807, 2.05) is 18.6 Å². The predicted octanol–water partition coefficient (Wildman–Crippen LogP) is 4.21. The number of pyridine rings is 1. The number of hydrogen-bond acceptors (Lipinski definition) is 4. The molecule has 29 heavy (non-hydrogen) atoms. The molecule has 0 bridgehead atoms. The Morgan fingerprint density at radius 3 is 2.86 bits per heavy atom. The van der Waals surface area contributed by atoms with Crippen LogP contribution in [0.15, 0.2) is 30.9 Å². The average Bonchev–Trinajstić information content (AvgIpc) is 3.05. The number of anilines is 1.